The van der Waals surface area contributed by atoms with Crippen LogP contribution < -0.4 is 0 Å². The van der Waals surface area contributed by atoms with Gasteiger partial charge in [0.25, 0.3) is 0 Å². The van der Waals surface area contributed by atoms with Crippen LogP contribution in [0.4, 0.5) is 0 Å². The first kappa shape index (κ1) is 22.6. The average Bonchev–Trinajstić information content (AvgIpc) is 3.38. The number of hydrogen-bond acceptors (Lipinski definition) is 3. The van der Waals surface area contributed by atoms with Gasteiger partial charge in [-0.3, -0.25) is 4.79 Å². The molecule has 4 nitrogen and oxygen atoms in total. The minimum Gasteiger partial charge on any atom is -0.392 e. The van der Waals surface area contributed by atoms with Gasteiger partial charge in [-0.05, 0) is 70.1 Å². The maximum Gasteiger partial charge on any atom is 0.222 e. The van der Waals surface area contributed by atoms with Gasteiger partial charge in [-0.25, -0.2) is 0 Å². The van der Waals surface area contributed by atoms with E-state index in [-0.39, 0.29) is 12.0 Å². The molecule has 3 rings (SSSR count). The van der Waals surface area contributed by atoms with E-state index in [0.29, 0.717) is 30.6 Å². The molecule has 1 saturated heterocycles. The van der Waals surface area contributed by atoms with E-state index in [9.17, 15) is 15.0 Å². The van der Waals surface area contributed by atoms with Gasteiger partial charge in [0, 0.05) is 25.4 Å². The summed E-state index contributed by atoms with van der Waals surface area (Å²) in [4.78, 5) is 14.2. The van der Waals surface area contributed by atoms with Gasteiger partial charge in [-0.2, -0.15) is 0 Å². The Morgan fingerprint density at radius 1 is 1.31 bits per heavy atom. The lowest BCUT2D eigenvalue weighted by atomic mass is 9.87. The summed E-state index contributed by atoms with van der Waals surface area (Å²) in [5, 5.41) is 21.0. The summed E-state index contributed by atoms with van der Waals surface area (Å²) in [5.41, 5.74) is 0.839. The zero-order valence-corrected chi connectivity index (χ0v) is 18.5. The molecule has 1 saturated carbocycles. The molecule has 4 heteroatoms. The topological polar surface area (TPSA) is 60.8 Å². The van der Waals surface area contributed by atoms with Crippen LogP contribution in [0, 0.1) is 17.8 Å². The van der Waals surface area contributed by atoms with Crippen LogP contribution in [0.1, 0.15) is 84.5 Å². The Hall–Kier alpha value is -1.13. The maximum atomic E-state index is 12.2. The third-order valence-electron chi connectivity index (χ3n) is 7.28. The molecule has 2 aliphatic carbocycles. The van der Waals surface area contributed by atoms with Crippen molar-refractivity contribution in [3.63, 3.8) is 0 Å². The Morgan fingerprint density at radius 2 is 2.07 bits per heavy atom. The Balaban J connectivity index is 1.44. The van der Waals surface area contributed by atoms with Crippen LogP contribution in [-0.4, -0.2) is 45.8 Å². The zero-order chi connectivity index (χ0) is 20.9. The van der Waals surface area contributed by atoms with Crippen LogP contribution in [0.25, 0.3) is 0 Å². The van der Waals surface area contributed by atoms with E-state index in [0.717, 1.165) is 70.9 Å². The fourth-order valence-electron chi connectivity index (χ4n) is 5.52. The van der Waals surface area contributed by atoms with Crippen LogP contribution >= 0.6 is 0 Å². The molecule has 0 aromatic carbocycles. The number of aliphatic hydroxyl groups is 2. The fraction of sp³-hybridized carbons (Fsp3) is 0.800. The Labute approximate surface area is 177 Å². The maximum absolute atomic E-state index is 12.2. The van der Waals surface area contributed by atoms with Crippen LogP contribution in [0.5, 0.6) is 0 Å². The van der Waals surface area contributed by atoms with Crippen molar-refractivity contribution in [2.45, 2.75) is 96.2 Å². The van der Waals surface area contributed by atoms with Crippen molar-refractivity contribution >= 4 is 5.91 Å². The third-order valence-corrected chi connectivity index (χ3v) is 7.28. The van der Waals surface area contributed by atoms with Gasteiger partial charge in [-0.1, -0.05) is 43.6 Å². The van der Waals surface area contributed by atoms with E-state index in [1.807, 2.05) is 11.8 Å². The Bertz CT molecular complexity index is 603. The van der Waals surface area contributed by atoms with E-state index >= 15 is 0 Å². The first-order valence-corrected chi connectivity index (χ1v) is 11.9. The number of fused-ring (bicyclic) bond motifs is 1. The number of aliphatic hydroxyl groups excluding tert-OH is 1. The molecule has 0 bridgehead atoms. The molecule has 29 heavy (non-hydrogen) atoms. The molecule has 0 aromatic rings. The summed E-state index contributed by atoms with van der Waals surface area (Å²) in [5.74, 6) is 1.49. The quantitative estimate of drug-likeness (QED) is 0.524. The lowest BCUT2D eigenvalue weighted by Crippen LogP contribution is -2.27. The average molecular weight is 404 g/mol. The van der Waals surface area contributed by atoms with Crippen molar-refractivity contribution < 1.29 is 15.0 Å². The molecule has 5 atom stereocenters. The monoisotopic (exact) mass is 403 g/mol. The summed E-state index contributed by atoms with van der Waals surface area (Å²) in [6.45, 7) is 5.96. The SMILES string of the molecule is CCCCC(C)(O)CC=C[C@@H]1[C@H]2CC(CCCC(=O)N3CCCC3)=C[C@H]2C[C@H]1O. The standard InChI is InChI=1S/C25H41NO3/c1-3-4-12-25(2,29)13-8-10-21-22-17-19(16-20(22)18-23(21)27)9-7-11-24(28)26-14-5-6-15-26/h8,10,16,20-23,27,29H,3-7,9,11-15,17-18H2,1-2H3/t20-,21+,22-,23+,25?/m0/s1. The summed E-state index contributed by atoms with van der Waals surface area (Å²) in [6, 6.07) is 0. The number of likely N-dealkylation sites (tertiary alicyclic amines) is 1. The lowest BCUT2D eigenvalue weighted by Gasteiger charge is -2.22. The van der Waals surface area contributed by atoms with Gasteiger partial charge in [0.1, 0.15) is 0 Å². The van der Waals surface area contributed by atoms with Crippen LogP contribution in [0.2, 0.25) is 0 Å². The minimum absolute atomic E-state index is 0.196. The predicted molar refractivity (Wildman–Crippen MR) is 117 cm³/mol. The van der Waals surface area contributed by atoms with Crippen molar-refractivity contribution in [3.8, 4) is 0 Å². The van der Waals surface area contributed by atoms with Gasteiger partial charge in [0.2, 0.25) is 5.91 Å². The summed E-state index contributed by atoms with van der Waals surface area (Å²) in [7, 11) is 0. The predicted octanol–water partition coefficient (Wildman–Crippen LogP) is 4.61. The number of allylic oxidation sites excluding steroid dienone is 2. The molecule has 2 N–H and O–H groups in total. The number of amides is 1. The van der Waals surface area contributed by atoms with Crippen LogP contribution in [0.3, 0.4) is 0 Å². The number of hydrogen-bond donors (Lipinski definition) is 2. The number of rotatable bonds is 10. The number of carbonyl (C=O) groups is 1. The molecular formula is C25H41NO3. The van der Waals surface area contributed by atoms with Gasteiger partial charge >= 0.3 is 0 Å². The molecule has 1 unspecified atom stereocenters. The number of unbranched alkanes of at least 4 members (excludes halogenated alkanes) is 1. The van der Waals surface area contributed by atoms with E-state index in [1.54, 1.807) is 0 Å². The van der Waals surface area contributed by atoms with Crippen molar-refractivity contribution in [1.82, 2.24) is 4.90 Å². The largest absolute Gasteiger partial charge is 0.392 e. The van der Waals surface area contributed by atoms with Gasteiger partial charge in [-0.15, -0.1) is 0 Å². The Morgan fingerprint density at radius 3 is 2.79 bits per heavy atom. The second-order valence-electron chi connectivity index (χ2n) is 9.91. The van der Waals surface area contributed by atoms with E-state index in [1.165, 1.54) is 5.57 Å². The van der Waals surface area contributed by atoms with Crippen LogP contribution in [0.15, 0.2) is 23.8 Å². The highest BCUT2D eigenvalue weighted by atomic mass is 16.3. The van der Waals surface area contributed by atoms with Crippen molar-refractivity contribution in [1.29, 1.82) is 0 Å². The highest BCUT2D eigenvalue weighted by Gasteiger charge is 2.43. The molecule has 164 valence electrons. The molecule has 0 aromatic heterocycles. The van der Waals surface area contributed by atoms with E-state index < -0.39 is 5.60 Å². The van der Waals surface area contributed by atoms with Gasteiger partial charge in [0.15, 0.2) is 0 Å². The van der Waals surface area contributed by atoms with Gasteiger partial charge in [0.05, 0.1) is 11.7 Å². The molecule has 1 heterocycles. The number of carbonyl (C=O) groups excluding carboxylic acids is 1. The highest BCUT2D eigenvalue weighted by Crippen LogP contribution is 2.48. The second kappa shape index (κ2) is 10.3. The summed E-state index contributed by atoms with van der Waals surface area (Å²) < 4.78 is 0. The lowest BCUT2D eigenvalue weighted by molar-refractivity contribution is -0.130. The van der Waals surface area contributed by atoms with Gasteiger partial charge < -0.3 is 15.1 Å². The first-order valence-electron chi connectivity index (χ1n) is 11.9. The molecule has 2 fully saturated rings. The third kappa shape index (κ3) is 6.18. The molecular weight excluding hydrogens is 362 g/mol. The van der Waals surface area contributed by atoms with Crippen molar-refractivity contribution in [2.75, 3.05) is 13.1 Å². The Kier molecular flexibility index (Phi) is 7.98. The van der Waals surface area contributed by atoms with E-state index in [2.05, 4.69) is 25.2 Å². The molecule has 0 spiro atoms. The van der Waals surface area contributed by atoms with Crippen molar-refractivity contribution in [3.05, 3.63) is 23.8 Å². The first-order chi connectivity index (χ1) is 13.9. The smallest absolute Gasteiger partial charge is 0.222 e. The molecule has 1 amide bonds. The second-order valence-corrected chi connectivity index (χ2v) is 9.91. The molecule has 3 aliphatic rings. The highest BCUT2D eigenvalue weighted by molar-refractivity contribution is 5.76. The molecule has 0 radical (unpaired) electrons. The summed E-state index contributed by atoms with van der Waals surface area (Å²) >= 11 is 0. The zero-order valence-electron chi connectivity index (χ0n) is 18.5. The molecule has 1 aliphatic heterocycles. The minimum atomic E-state index is -0.642. The number of nitrogens with zero attached hydrogens (tertiary/aromatic N) is 1. The fourth-order valence-corrected chi connectivity index (χ4v) is 5.52. The van der Waals surface area contributed by atoms with E-state index in [4.69, 9.17) is 0 Å². The van der Waals surface area contributed by atoms with Crippen LogP contribution in [-0.2, 0) is 4.79 Å². The summed E-state index contributed by atoms with van der Waals surface area (Å²) in [6.07, 6.45) is 16.9. The van der Waals surface area contributed by atoms with Crippen molar-refractivity contribution in [2.24, 2.45) is 17.8 Å². The normalized spacial score (nSPS) is 31.3.